The fourth-order valence-electron chi connectivity index (χ4n) is 4.04. The summed E-state index contributed by atoms with van der Waals surface area (Å²) in [6, 6.07) is 18.2. The molecule has 0 aliphatic heterocycles. The Morgan fingerprint density at radius 3 is 2.50 bits per heavy atom. The van der Waals surface area contributed by atoms with Gasteiger partial charge in [0.1, 0.15) is 17.2 Å². The number of aliphatic hydroxyl groups is 1. The van der Waals surface area contributed by atoms with Gasteiger partial charge in [-0.25, -0.2) is 4.68 Å². The third-order valence-electron chi connectivity index (χ3n) is 5.88. The predicted octanol–water partition coefficient (Wildman–Crippen LogP) is 4.64. The van der Waals surface area contributed by atoms with E-state index < -0.39 is 6.10 Å². The summed E-state index contributed by atoms with van der Waals surface area (Å²) in [5.74, 6) is 2.11. The summed E-state index contributed by atoms with van der Waals surface area (Å²) in [5, 5.41) is 15.5. The summed E-state index contributed by atoms with van der Waals surface area (Å²) in [6.07, 6.45) is 1.80. The second kappa shape index (κ2) is 11.0. The average Bonchev–Trinajstić information content (AvgIpc) is 3.64. The highest BCUT2D eigenvalue weighted by Crippen LogP contribution is 2.37. The van der Waals surface area contributed by atoms with Crippen molar-refractivity contribution in [3.63, 3.8) is 0 Å². The molecule has 1 heterocycles. The summed E-state index contributed by atoms with van der Waals surface area (Å²) in [4.78, 5) is 2.33. The summed E-state index contributed by atoms with van der Waals surface area (Å²) < 4.78 is 19.2. The quantitative estimate of drug-likeness (QED) is 0.420. The largest absolute Gasteiger partial charge is 0.497 e. The van der Waals surface area contributed by atoms with Crippen LogP contribution in [0.4, 0.5) is 0 Å². The predicted molar refractivity (Wildman–Crippen MR) is 132 cm³/mol. The molecule has 3 aromatic rings. The molecule has 0 saturated heterocycles. The lowest BCUT2D eigenvalue weighted by atomic mass is 10.1. The second-order valence-corrected chi connectivity index (χ2v) is 9.10. The molecule has 34 heavy (non-hydrogen) atoms. The van der Waals surface area contributed by atoms with E-state index in [1.165, 1.54) is 0 Å². The topological polar surface area (TPSA) is 69.0 Å². The zero-order valence-electron chi connectivity index (χ0n) is 20.5. The van der Waals surface area contributed by atoms with Crippen molar-refractivity contribution in [1.82, 2.24) is 14.7 Å². The molecular weight excluding hydrogens is 430 g/mol. The average molecular weight is 466 g/mol. The van der Waals surface area contributed by atoms with Crippen LogP contribution in [0.15, 0.2) is 54.6 Å². The monoisotopic (exact) mass is 465 g/mol. The van der Waals surface area contributed by atoms with Crippen LogP contribution in [-0.4, -0.2) is 58.3 Å². The van der Waals surface area contributed by atoms with Gasteiger partial charge in [0, 0.05) is 37.8 Å². The maximum Gasteiger partial charge on any atom is 0.222 e. The zero-order valence-corrected chi connectivity index (χ0v) is 20.5. The number of nitrogens with zero attached hydrogens (tertiary/aromatic N) is 3. The molecule has 1 atom stereocenters. The molecule has 1 aliphatic carbocycles. The summed E-state index contributed by atoms with van der Waals surface area (Å²) in [6.45, 7) is 5.46. The van der Waals surface area contributed by atoms with Gasteiger partial charge in [0.25, 0.3) is 0 Å². The van der Waals surface area contributed by atoms with Gasteiger partial charge in [0.05, 0.1) is 31.5 Å². The molecule has 0 unspecified atom stereocenters. The molecule has 2 aromatic carbocycles. The van der Waals surface area contributed by atoms with E-state index in [2.05, 4.69) is 17.0 Å². The highest BCUT2D eigenvalue weighted by Gasteiger charge is 2.33. The van der Waals surface area contributed by atoms with Crippen LogP contribution in [0.3, 0.4) is 0 Å². The van der Waals surface area contributed by atoms with Gasteiger partial charge < -0.3 is 19.3 Å². The van der Waals surface area contributed by atoms with Gasteiger partial charge in [-0.05, 0) is 38.8 Å². The van der Waals surface area contributed by atoms with Crippen molar-refractivity contribution in [2.24, 2.45) is 7.05 Å². The van der Waals surface area contributed by atoms with Crippen LogP contribution in [0.25, 0.3) is 11.3 Å². The van der Waals surface area contributed by atoms with E-state index >= 15 is 0 Å². The van der Waals surface area contributed by atoms with Crippen molar-refractivity contribution in [2.75, 3.05) is 20.3 Å². The van der Waals surface area contributed by atoms with Gasteiger partial charge in [-0.3, -0.25) is 4.90 Å². The number of rotatable bonds is 12. The van der Waals surface area contributed by atoms with Gasteiger partial charge in [-0.2, -0.15) is 5.10 Å². The first kappa shape index (κ1) is 24.3. The fraction of sp³-hybridized carbons (Fsp3) is 0.444. The Kier molecular flexibility index (Phi) is 7.88. The molecule has 0 radical (unpaired) electrons. The Morgan fingerprint density at radius 2 is 1.82 bits per heavy atom. The van der Waals surface area contributed by atoms with Gasteiger partial charge in [0.15, 0.2) is 0 Å². The summed E-state index contributed by atoms with van der Waals surface area (Å²) in [7, 11) is 3.54. The molecule has 1 saturated carbocycles. The number of aryl methyl sites for hydroxylation is 1. The van der Waals surface area contributed by atoms with Crippen molar-refractivity contribution >= 4 is 0 Å². The van der Waals surface area contributed by atoms with E-state index in [-0.39, 0.29) is 6.10 Å². The second-order valence-electron chi connectivity index (χ2n) is 9.10. The number of aliphatic hydroxyl groups excluding tert-OH is 1. The highest BCUT2D eigenvalue weighted by molar-refractivity contribution is 5.65. The lowest BCUT2D eigenvalue weighted by Crippen LogP contribution is -2.36. The van der Waals surface area contributed by atoms with Crippen LogP contribution in [-0.2, 0) is 18.3 Å². The van der Waals surface area contributed by atoms with Crippen LogP contribution in [0.5, 0.6) is 17.4 Å². The van der Waals surface area contributed by atoms with Gasteiger partial charge in [0.2, 0.25) is 5.88 Å². The lowest BCUT2D eigenvalue weighted by Gasteiger charge is -2.26. The molecule has 7 nitrogen and oxygen atoms in total. The van der Waals surface area contributed by atoms with E-state index in [1.54, 1.807) is 11.8 Å². The minimum Gasteiger partial charge on any atom is -0.497 e. The minimum absolute atomic E-state index is 0.0925. The normalized spacial score (nSPS) is 14.6. The SMILES string of the molecule is COc1cccc(Oc2c(CN(C[C@H](O)COC(C)C)C3CC3)c(-c3ccccc3)nn2C)c1. The Labute approximate surface area is 201 Å². The van der Waals surface area contributed by atoms with Crippen molar-refractivity contribution < 1.29 is 19.3 Å². The molecule has 0 bridgehead atoms. The smallest absolute Gasteiger partial charge is 0.222 e. The van der Waals surface area contributed by atoms with Crippen LogP contribution >= 0.6 is 0 Å². The number of methoxy groups -OCH3 is 1. The lowest BCUT2D eigenvalue weighted by molar-refractivity contribution is -0.0107. The number of aromatic nitrogens is 2. The van der Waals surface area contributed by atoms with Crippen LogP contribution in [0.1, 0.15) is 32.3 Å². The van der Waals surface area contributed by atoms with E-state index in [9.17, 15) is 5.11 Å². The van der Waals surface area contributed by atoms with E-state index in [4.69, 9.17) is 19.3 Å². The maximum atomic E-state index is 10.6. The maximum absolute atomic E-state index is 10.6. The van der Waals surface area contributed by atoms with E-state index in [1.807, 2.05) is 63.4 Å². The zero-order chi connectivity index (χ0) is 24.1. The minimum atomic E-state index is -0.553. The van der Waals surface area contributed by atoms with Crippen LogP contribution < -0.4 is 9.47 Å². The number of ether oxygens (including phenoxy) is 3. The molecule has 7 heteroatoms. The molecule has 182 valence electrons. The number of benzene rings is 2. The molecule has 1 N–H and O–H groups in total. The Balaban J connectivity index is 1.65. The fourth-order valence-corrected chi connectivity index (χ4v) is 4.04. The van der Waals surface area contributed by atoms with Crippen molar-refractivity contribution in [3.05, 3.63) is 60.2 Å². The molecule has 1 aromatic heterocycles. The van der Waals surface area contributed by atoms with E-state index in [0.717, 1.165) is 35.4 Å². The van der Waals surface area contributed by atoms with Gasteiger partial charge >= 0.3 is 0 Å². The third-order valence-corrected chi connectivity index (χ3v) is 5.88. The van der Waals surface area contributed by atoms with Crippen LogP contribution in [0, 0.1) is 0 Å². The van der Waals surface area contributed by atoms with E-state index in [0.29, 0.717) is 37.4 Å². The van der Waals surface area contributed by atoms with Crippen molar-refractivity contribution in [1.29, 1.82) is 0 Å². The summed E-state index contributed by atoms with van der Waals surface area (Å²) in [5.41, 5.74) is 2.92. The number of hydrogen-bond donors (Lipinski definition) is 1. The Hall–Kier alpha value is -2.87. The third kappa shape index (κ3) is 6.17. The molecule has 1 aliphatic rings. The van der Waals surface area contributed by atoms with Gasteiger partial charge in [-0.15, -0.1) is 0 Å². The Morgan fingerprint density at radius 1 is 1.09 bits per heavy atom. The first-order valence-electron chi connectivity index (χ1n) is 11.9. The Bertz CT molecular complexity index is 1060. The molecule has 4 rings (SSSR count). The van der Waals surface area contributed by atoms with Crippen molar-refractivity contribution in [2.45, 2.75) is 51.5 Å². The first-order valence-corrected chi connectivity index (χ1v) is 11.9. The highest BCUT2D eigenvalue weighted by atomic mass is 16.5. The molecular formula is C27H35N3O4. The number of hydrogen-bond acceptors (Lipinski definition) is 6. The van der Waals surface area contributed by atoms with Gasteiger partial charge in [-0.1, -0.05) is 36.4 Å². The standard InChI is InChI=1S/C27H35N3O4/c1-19(2)33-18-22(31)16-30(21-13-14-21)17-25-26(20-9-6-5-7-10-20)28-29(3)27(25)34-24-12-8-11-23(15-24)32-4/h5-12,15,19,21-22,31H,13-14,16-18H2,1-4H3/t22-/m0/s1. The molecule has 1 fully saturated rings. The van der Waals surface area contributed by atoms with Crippen LogP contribution in [0.2, 0.25) is 0 Å². The molecule has 0 amide bonds. The molecule has 0 spiro atoms. The van der Waals surface area contributed by atoms with Crippen molar-refractivity contribution in [3.8, 4) is 28.6 Å². The first-order chi connectivity index (χ1) is 16.4. The summed E-state index contributed by atoms with van der Waals surface area (Å²) >= 11 is 0.